The third kappa shape index (κ3) is 3.33. The van der Waals surface area contributed by atoms with Gasteiger partial charge >= 0.3 is 32.7 Å². The predicted octanol–water partition coefficient (Wildman–Crippen LogP) is 3.96. The molecule has 0 fully saturated rings. The maximum Gasteiger partial charge on any atom is 3.00 e. The summed E-state index contributed by atoms with van der Waals surface area (Å²) >= 11 is 0. The number of hydrogen-bond donors (Lipinski definition) is 0. The molecular formula is C12H20Y+. The van der Waals surface area contributed by atoms with Gasteiger partial charge in [-0.1, -0.05) is 22.3 Å². The van der Waals surface area contributed by atoms with Gasteiger partial charge in [0.2, 0.25) is 0 Å². The first-order chi connectivity index (χ1) is 5.55. The van der Waals surface area contributed by atoms with E-state index in [1.54, 1.807) is 6.92 Å². The van der Waals surface area contributed by atoms with Crippen molar-refractivity contribution in [2.24, 2.45) is 5.92 Å². The summed E-state index contributed by atoms with van der Waals surface area (Å²) in [5, 5.41) is 0. The summed E-state index contributed by atoms with van der Waals surface area (Å²) in [5.41, 5.74) is 5.76. The van der Waals surface area contributed by atoms with Crippen molar-refractivity contribution in [3.8, 4) is 0 Å². The van der Waals surface area contributed by atoms with Crippen LogP contribution in [0, 0.1) is 19.8 Å². The monoisotopic (exact) mass is 253 g/mol. The van der Waals surface area contributed by atoms with Crippen molar-refractivity contribution in [2.45, 2.75) is 34.6 Å². The molecule has 0 radical (unpaired) electrons. The average Bonchev–Trinajstić information content (AvgIpc) is 2.27. The molecule has 0 saturated heterocycles. The number of hydrogen-bond acceptors (Lipinski definition) is 0. The number of allylic oxidation sites excluding steroid dienone is 4. The zero-order chi connectivity index (χ0) is 9.89. The van der Waals surface area contributed by atoms with Crippen LogP contribution in [0.1, 0.15) is 34.6 Å². The zero-order valence-electron chi connectivity index (χ0n) is 9.57. The molecule has 1 heteroatoms. The molecule has 0 heterocycles. The van der Waals surface area contributed by atoms with Gasteiger partial charge in [0.25, 0.3) is 0 Å². The van der Waals surface area contributed by atoms with Crippen LogP contribution in [0.3, 0.4) is 0 Å². The van der Waals surface area contributed by atoms with Crippen LogP contribution in [0.25, 0.3) is 0 Å². The predicted molar refractivity (Wildman–Crippen MR) is 56.6 cm³/mol. The van der Waals surface area contributed by atoms with Crippen molar-refractivity contribution in [1.29, 1.82) is 0 Å². The fraction of sp³-hybridized carbons (Fsp3) is 0.500. The molecule has 13 heavy (non-hydrogen) atoms. The molecule has 0 nitrogen and oxygen atoms in total. The largest absolute Gasteiger partial charge is 3.00 e. The van der Waals surface area contributed by atoms with Gasteiger partial charge in [-0.15, -0.1) is 5.92 Å². The Morgan fingerprint density at radius 2 is 1.08 bits per heavy atom. The second-order valence-corrected chi connectivity index (χ2v) is 3.17. The van der Waals surface area contributed by atoms with Gasteiger partial charge in [-0.05, 0) is 27.7 Å². The van der Waals surface area contributed by atoms with Crippen molar-refractivity contribution >= 4 is 0 Å². The van der Waals surface area contributed by atoms with Crippen molar-refractivity contribution in [3.05, 3.63) is 36.1 Å². The Morgan fingerprint density at radius 1 is 0.846 bits per heavy atom. The summed E-state index contributed by atoms with van der Waals surface area (Å²) < 4.78 is 0. The van der Waals surface area contributed by atoms with Crippen LogP contribution < -0.4 is 0 Å². The van der Waals surface area contributed by atoms with Crippen molar-refractivity contribution < 1.29 is 32.7 Å². The van der Waals surface area contributed by atoms with Crippen molar-refractivity contribution in [1.82, 2.24) is 0 Å². The van der Waals surface area contributed by atoms with Gasteiger partial charge in [0.15, 0.2) is 0 Å². The van der Waals surface area contributed by atoms with Crippen LogP contribution >= 0.6 is 0 Å². The smallest absolute Gasteiger partial charge is 0.346 e. The van der Waals surface area contributed by atoms with E-state index in [9.17, 15) is 0 Å². The summed E-state index contributed by atoms with van der Waals surface area (Å²) in [7, 11) is 0. The van der Waals surface area contributed by atoms with E-state index in [0.717, 1.165) is 0 Å². The molecule has 1 aliphatic carbocycles. The van der Waals surface area contributed by atoms with Gasteiger partial charge in [0.1, 0.15) is 0 Å². The molecule has 1 rings (SSSR count). The maximum absolute atomic E-state index is 4.08. The van der Waals surface area contributed by atoms with Crippen LogP contribution in [-0.4, -0.2) is 0 Å². The van der Waals surface area contributed by atoms with Gasteiger partial charge in [0.05, 0.1) is 0 Å². The molecule has 0 unspecified atom stereocenters. The molecule has 0 spiro atoms. The molecular weight excluding hydrogens is 233 g/mol. The summed E-state index contributed by atoms with van der Waals surface area (Å²) in [6, 6.07) is 0. The van der Waals surface area contributed by atoms with Crippen LogP contribution in [-0.2, 0) is 32.7 Å². The minimum atomic E-state index is 0. The minimum Gasteiger partial charge on any atom is -0.346 e. The first-order valence-corrected chi connectivity index (χ1v) is 4.44. The molecule has 0 aromatic heterocycles. The molecule has 70 valence electrons. The topological polar surface area (TPSA) is 0 Å². The summed E-state index contributed by atoms with van der Waals surface area (Å²) in [4.78, 5) is 0. The van der Waals surface area contributed by atoms with E-state index >= 15 is 0 Å². The molecule has 0 aromatic carbocycles. The van der Waals surface area contributed by atoms with Gasteiger partial charge in [-0.3, -0.25) is 0 Å². The molecule has 0 N–H and O–H groups in total. The summed E-state index contributed by atoms with van der Waals surface area (Å²) in [5.74, 6) is 0.444. The van der Waals surface area contributed by atoms with Gasteiger partial charge in [0, 0.05) is 0 Å². The summed E-state index contributed by atoms with van der Waals surface area (Å²) in [6.45, 7) is 17.8. The Hall–Kier alpha value is 0.584. The molecule has 0 amide bonds. The molecule has 0 aliphatic heterocycles. The molecule has 0 bridgehead atoms. The van der Waals surface area contributed by atoms with Gasteiger partial charge in [-0.25, -0.2) is 0 Å². The first kappa shape index (κ1) is 16.0. The van der Waals surface area contributed by atoms with Gasteiger partial charge in [-0.2, -0.15) is 6.92 Å². The van der Waals surface area contributed by atoms with Crippen LogP contribution in [0.5, 0.6) is 0 Å². The molecule has 0 aromatic rings. The van der Waals surface area contributed by atoms with Crippen LogP contribution in [0.15, 0.2) is 22.3 Å². The fourth-order valence-corrected chi connectivity index (χ4v) is 1.44. The Morgan fingerprint density at radius 3 is 1.15 bits per heavy atom. The quantitative estimate of drug-likeness (QED) is 0.573. The Bertz CT molecular complexity index is 197. The van der Waals surface area contributed by atoms with Crippen LogP contribution in [0.4, 0.5) is 0 Å². The number of rotatable bonds is 0. The Labute approximate surface area is 109 Å². The average molecular weight is 253 g/mol. The first-order valence-electron chi connectivity index (χ1n) is 4.44. The second kappa shape index (κ2) is 6.95. The van der Waals surface area contributed by atoms with E-state index in [2.05, 4.69) is 41.5 Å². The van der Waals surface area contributed by atoms with Crippen LogP contribution in [0.2, 0.25) is 0 Å². The second-order valence-electron chi connectivity index (χ2n) is 3.17. The van der Waals surface area contributed by atoms with Crippen molar-refractivity contribution in [2.75, 3.05) is 0 Å². The third-order valence-corrected chi connectivity index (χ3v) is 2.79. The van der Waals surface area contributed by atoms with E-state index in [0.29, 0.717) is 5.92 Å². The molecule has 0 atom stereocenters. The van der Waals surface area contributed by atoms with Gasteiger partial charge < -0.3 is 13.8 Å². The normalized spacial score (nSPS) is 16.8. The standard InChI is InChI=1S/C10H15.C2H5.Y/c1-6-7(2)9(4)10(5)8(6)3;1-2;/h6H,1H2,2-5H3;1H2,2H3;/q2*-1;+3. The fourth-order valence-electron chi connectivity index (χ4n) is 1.44. The molecule has 0 saturated carbocycles. The van der Waals surface area contributed by atoms with E-state index in [1.807, 2.05) is 0 Å². The maximum atomic E-state index is 4.08. The van der Waals surface area contributed by atoms with Crippen molar-refractivity contribution in [3.63, 3.8) is 0 Å². The zero-order valence-corrected chi connectivity index (χ0v) is 12.4. The van der Waals surface area contributed by atoms with E-state index in [4.69, 9.17) is 0 Å². The minimum absolute atomic E-state index is 0. The molecule has 1 aliphatic rings. The Kier molecular flexibility index (Phi) is 8.57. The SMILES string of the molecule is [CH2-]C.[CH2-]C1C(C)=C(C)C(C)=C1C.[Y+3]. The van der Waals surface area contributed by atoms with E-state index < -0.39 is 0 Å². The Balaban J connectivity index is 0. The third-order valence-electron chi connectivity index (χ3n) is 2.79. The summed E-state index contributed by atoms with van der Waals surface area (Å²) in [6.07, 6.45) is 0. The van der Waals surface area contributed by atoms with E-state index in [-0.39, 0.29) is 32.7 Å². The van der Waals surface area contributed by atoms with E-state index in [1.165, 1.54) is 22.3 Å².